The molecule has 3 heterocycles. The van der Waals surface area contributed by atoms with Crippen LogP contribution in [0.25, 0.3) is 0 Å². The molecule has 0 spiro atoms. The van der Waals surface area contributed by atoms with E-state index in [0.29, 0.717) is 28.6 Å². The molecule has 0 aromatic heterocycles. The van der Waals surface area contributed by atoms with Crippen LogP contribution in [0, 0.1) is 0 Å². The Kier molecular flexibility index (Phi) is 4.82. The third-order valence-corrected chi connectivity index (χ3v) is 5.51. The van der Waals surface area contributed by atoms with E-state index in [2.05, 4.69) is 15.7 Å². The van der Waals surface area contributed by atoms with Gasteiger partial charge in [-0.1, -0.05) is 16.8 Å². The summed E-state index contributed by atoms with van der Waals surface area (Å²) in [6, 6.07) is 7.52. The van der Waals surface area contributed by atoms with Gasteiger partial charge in [-0.2, -0.15) is 5.11 Å². The Labute approximate surface area is 186 Å². The highest BCUT2D eigenvalue weighted by atomic mass is 35.5. The first-order chi connectivity index (χ1) is 15.5. The highest BCUT2D eigenvalue weighted by Crippen LogP contribution is 2.36. The van der Waals surface area contributed by atoms with E-state index in [0.717, 1.165) is 4.90 Å². The van der Waals surface area contributed by atoms with E-state index in [-0.39, 0.29) is 18.4 Å². The minimum absolute atomic E-state index is 0.121. The number of imide groups is 1. The number of halogens is 1. The second-order valence-electron chi connectivity index (χ2n) is 7.14. The topological polar surface area (TPSA) is 122 Å². The fourth-order valence-electron chi connectivity index (χ4n) is 3.72. The van der Waals surface area contributed by atoms with Crippen LogP contribution in [-0.2, 0) is 14.4 Å². The van der Waals surface area contributed by atoms with Crippen molar-refractivity contribution in [1.82, 2.24) is 5.01 Å². The van der Waals surface area contributed by atoms with Crippen molar-refractivity contribution in [3.63, 3.8) is 0 Å². The summed E-state index contributed by atoms with van der Waals surface area (Å²) in [5.74, 6) is 0.0127. The van der Waals surface area contributed by atoms with Gasteiger partial charge in [0.25, 0.3) is 11.8 Å². The van der Waals surface area contributed by atoms with E-state index in [4.69, 9.17) is 25.8 Å². The van der Waals surface area contributed by atoms with Gasteiger partial charge in [-0.3, -0.25) is 19.4 Å². The molecule has 0 aliphatic carbocycles. The number of methoxy groups -OCH3 is 1. The molecule has 2 unspecified atom stereocenters. The lowest BCUT2D eigenvalue weighted by molar-refractivity contribution is -0.123. The number of hydrogen-bond donors (Lipinski definition) is 1. The molecule has 3 aliphatic heterocycles. The molecule has 12 heteroatoms. The van der Waals surface area contributed by atoms with Crippen molar-refractivity contribution in [3.05, 3.63) is 41.4 Å². The molecule has 0 saturated carbocycles. The van der Waals surface area contributed by atoms with Gasteiger partial charge in [0.2, 0.25) is 12.7 Å². The molecule has 2 atom stereocenters. The van der Waals surface area contributed by atoms with E-state index < -0.39 is 29.8 Å². The standard InChI is InChI=1S/C20H16ClN5O6/c1-30-13-5-3-11(7-12(13)21)26-19(28)17-18(20(26)29)25(24-23-17)8-16(27)22-10-2-4-14-15(6-10)32-9-31-14/h2-7,17-18H,8-9H2,1H3,(H,22,27). The predicted octanol–water partition coefficient (Wildman–Crippen LogP) is 2.01. The number of rotatable bonds is 5. The molecular formula is C20H16ClN5O6. The van der Waals surface area contributed by atoms with Crippen molar-refractivity contribution in [2.45, 2.75) is 12.1 Å². The van der Waals surface area contributed by atoms with Crippen molar-refractivity contribution < 1.29 is 28.6 Å². The van der Waals surface area contributed by atoms with E-state index in [1.54, 1.807) is 30.3 Å². The number of carbonyl (C=O) groups is 3. The molecule has 1 saturated heterocycles. The summed E-state index contributed by atoms with van der Waals surface area (Å²) in [4.78, 5) is 39.4. The van der Waals surface area contributed by atoms with Crippen molar-refractivity contribution >= 4 is 40.7 Å². The zero-order valence-corrected chi connectivity index (χ0v) is 17.4. The van der Waals surface area contributed by atoms with Gasteiger partial charge in [0.05, 0.1) is 17.8 Å². The number of benzene rings is 2. The van der Waals surface area contributed by atoms with Gasteiger partial charge in [0.1, 0.15) is 12.3 Å². The van der Waals surface area contributed by atoms with Crippen molar-refractivity contribution in [2.24, 2.45) is 10.3 Å². The molecule has 3 aliphatic rings. The second-order valence-corrected chi connectivity index (χ2v) is 7.55. The van der Waals surface area contributed by atoms with Gasteiger partial charge >= 0.3 is 0 Å². The van der Waals surface area contributed by atoms with E-state index in [1.165, 1.54) is 18.2 Å². The third-order valence-electron chi connectivity index (χ3n) is 5.21. The van der Waals surface area contributed by atoms with Crippen LogP contribution in [0.2, 0.25) is 5.02 Å². The SMILES string of the molecule is COc1ccc(N2C(=O)C3N=NN(CC(=O)Nc4ccc5c(c4)OCO5)C3C2=O)cc1Cl. The maximum atomic E-state index is 13.0. The summed E-state index contributed by atoms with van der Waals surface area (Å²) in [5.41, 5.74) is 0.787. The van der Waals surface area contributed by atoms with Crippen LogP contribution in [0.1, 0.15) is 0 Å². The van der Waals surface area contributed by atoms with Gasteiger partial charge in [-0.05, 0) is 30.3 Å². The first-order valence-electron chi connectivity index (χ1n) is 9.54. The van der Waals surface area contributed by atoms with E-state index in [1.807, 2.05) is 0 Å². The molecule has 0 bridgehead atoms. The molecule has 1 fully saturated rings. The second kappa shape index (κ2) is 7.68. The molecule has 2 aromatic rings. The van der Waals surface area contributed by atoms with Crippen LogP contribution in [0.5, 0.6) is 17.2 Å². The normalized spacial score (nSPS) is 20.7. The molecule has 5 rings (SSSR count). The largest absolute Gasteiger partial charge is 0.495 e. The minimum Gasteiger partial charge on any atom is -0.495 e. The van der Waals surface area contributed by atoms with Crippen LogP contribution < -0.4 is 24.4 Å². The quantitative estimate of drug-likeness (QED) is 0.681. The lowest BCUT2D eigenvalue weighted by Crippen LogP contribution is -2.43. The van der Waals surface area contributed by atoms with Gasteiger partial charge in [-0.25, -0.2) is 4.90 Å². The van der Waals surface area contributed by atoms with Crippen LogP contribution in [0.3, 0.4) is 0 Å². The summed E-state index contributed by atoms with van der Waals surface area (Å²) >= 11 is 6.14. The smallest absolute Gasteiger partial charge is 0.263 e. The molecule has 1 N–H and O–H groups in total. The Morgan fingerprint density at radius 1 is 1.19 bits per heavy atom. The molecule has 164 valence electrons. The Hall–Kier alpha value is -3.86. The summed E-state index contributed by atoms with van der Waals surface area (Å²) in [6.45, 7) is -0.147. The fourth-order valence-corrected chi connectivity index (χ4v) is 3.98. The lowest BCUT2D eigenvalue weighted by atomic mass is 10.1. The number of carbonyl (C=O) groups excluding carboxylic acids is 3. The van der Waals surface area contributed by atoms with Crippen molar-refractivity contribution in [3.8, 4) is 17.2 Å². The first-order valence-corrected chi connectivity index (χ1v) is 9.92. The number of anilines is 2. The predicted molar refractivity (Wildman–Crippen MR) is 111 cm³/mol. The Morgan fingerprint density at radius 3 is 2.78 bits per heavy atom. The van der Waals surface area contributed by atoms with Crippen LogP contribution >= 0.6 is 11.6 Å². The Bertz CT molecular complexity index is 1170. The van der Waals surface area contributed by atoms with Gasteiger partial charge < -0.3 is 19.5 Å². The highest BCUT2D eigenvalue weighted by Gasteiger charge is 2.55. The molecule has 32 heavy (non-hydrogen) atoms. The van der Waals surface area contributed by atoms with Crippen LogP contribution in [0.15, 0.2) is 46.7 Å². The minimum atomic E-state index is -1.03. The van der Waals surface area contributed by atoms with Gasteiger partial charge in [-0.15, -0.1) is 0 Å². The zero-order chi connectivity index (χ0) is 22.4. The monoisotopic (exact) mass is 457 g/mol. The number of nitrogens with zero attached hydrogens (tertiary/aromatic N) is 4. The van der Waals surface area contributed by atoms with Gasteiger partial charge in [0.15, 0.2) is 23.6 Å². The summed E-state index contributed by atoms with van der Waals surface area (Å²) in [5, 5.41) is 12.0. The summed E-state index contributed by atoms with van der Waals surface area (Å²) in [6.07, 6.45) is 0. The Morgan fingerprint density at radius 2 is 2.00 bits per heavy atom. The van der Waals surface area contributed by atoms with Crippen molar-refractivity contribution in [2.75, 3.05) is 30.7 Å². The number of nitrogens with one attached hydrogen (secondary N) is 1. The molecule has 3 amide bonds. The van der Waals surface area contributed by atoms with E-state index in [9.17, 15) is 14.4 Å². The molecule has 2 aromatic carbocycles. The van der Waals surface area contributed by atoms with Crippen molar-refractivity contribution in [1.29, 1.82) is 0 Å². The zero-order valence-electron chi connectivity index (χ0n) is 16.6. The first kappa shape index (κ1) is 20.1. The fraction of sp³-hybridized carbons (Fsp3) is 0.250. The average molecular weight is 458 g/mol. The summed E-state index contributed by atoms with van der Waals surface area (Å²) < 4.78 is 15.6. The molecular weight excluding hydrogens is 442 g/mol. The average Bonchev–Trinajstić information content (AvgIpc) is 3.45. The number of fused-ring (bicyclic) bond motifs is 2. The lowest BCUT2D eigenvalue weighted by Gasteiger charge is -2.20. The maximum Gasteiger partial charge on any atom is 0.263 e. The number of amides is 3. The van der Waals surface area contributed by atoms with Gasteiger partial charge in [0, 0.05) is 11.8 Å². The molecule has 0 radical (unpaired) electrons. The third kappa shape index (κ3) is 3.26. The van der Waals surface area contributed by atoms with Crippen LogP contribution in [0.4, 0.5) is 11.4 Å². The van der Waals surface area contributed by atoms with E-state index >= 15 is 0 Å². The Balaban J connectivity index is 1.30. The number of hydrogen-bond acceptors (Lipinski definition) is 9. The maximum absolute atomic E-state index is 13.0. The highest BCUT2D eigenvalue weighted by molar-refractivity contribution is 6.33. The summed E-state index contributed by atoms with van der Waals surface area (Å²) in [7, 11) is 1.46. The molecule has 11 nitrogen and oxygen atoms in total. The number of ether oxygens (including phenoxy) is 3. The van der Waals surface area contributed by atoms with Crippen LogP contribution in [-0.4, -0.2) is 55.3 Å².